The van der Waals surface area contributed by atoms with E-state index < -0.39 is 20.8 Å². The van der Waals surface area contributed by atoms with Crippen molar-refractivity contribution in [2.24, 2.45) is 5.73 Å². The van der Waals surface area contributed by atoms with Gasteiger partial charge in [-0.1, -0.05) is 12.2 Å². The summed E-state index contributed by atoms with van der Waals surface area (Å²) in [7, 11) is -4.42. The third kappa shape index (κ3) is 4.73. The highest BCUT2D eigenvalue weighted by Crippen LogP contribution is 2.21. The number of hydrogen-bond donors (Lipinski definition) is 2. The molecule has 0 fully saturated rings. The van der Waals surface area contributed by atoms with Gasteiger partial charge in [0.05, 0.1) is 4.88 Å². The van der Waals surface area contributed by atoms with Crippen molar-refractivity contribution in [3.05, 3.63) is 17.0 Å². The van der Waals surface area contributed by atoms with Crippen LogP contribution >= 0.6 is 23.6 Å². The third-order valence-electron chi connectivity index (χ3n) is 1.99. The molecule has 0 aliphatic carbocycles. The van der Waals surface area contributed by atoms with Crippen LogP contribution in [0.3, 0.4) is 0 Å². The number of sulfonamides is 1. The molecule has 0 saturated carbocycles. The number of hydrogen-bond acceptors (Lipinski definition) is 5. The summed E-state index contributed by atoms with van der Waals surface area (Å²) in [6, 6.07) is 3.06. The maximum atomic E-state index is 11.9. The molecule has 1 aromatic heterocycles. The molecule has 0 radical (unpaired) electrons. The van der Waals surface area contributed by atoms with Crippen molar-refractivity contribution in [2.75, 3.05) is 18.6 Å². The summed E-state index contributed by atoms with van der Waals surface area (Å²) in [4.78, 5) is 0.753. The Morgan fingerprint density at radius 1 is 1.56 bits per heavy atom. The first kappa shape index (κ1) is 15.7. The Kier molecular flexibility index (Phi) is 5.86. The minimum Gasteiger partial charge on any atom is -0.389 e. The van der Waals surface area contributed by atoms with Gasteiger partial charge in [0.25, 0.3) is 0 Å². The van der Waals surface area contributed by atoms with Gasteiger partial charge in [-0.25, -0.2) is 13.1 Å². The van der Waals surface area contributed by atoms with E-state index in [4.69, 9.17) is 18.0 Å². The van der Waals surface area contributed by atoms with E-state index in [1.807, 2.05) is 0 Å². The number of thiophene rings is 1. The van der Waals surface area contributed by atoms with Gasteiger partial charge < -0.3 is 5.73 Å². The zero-order chi connectivity index (χ0) is 13.8. The van der Waals surface area contributed by atoms with E-state index in [0.29, 0.717) is 17.1 Å². The molecule has 5 nitrogen and oxygen atoms in total. The van der Waals surface area contributed by atoms with Crippen molar-refractivity contribution >= 4 is 49.4 Å². The van der Waals surface area contributed by atoms with Crippen LogP contribution in [0, 0.1) is 0 Å². The predicted molar refractivity (Wildman–Crippen MR) is 78.9 cm³/mol. The zero-order valence-electron chi connectivity index (χ0n) is 9.71. The Morgan fingerprint density at radius 2 is 2.22 bits per heavy atom. The lowest BCUT2D eigenvalue weighted by Gasteiger charge is -2.03. The molecule has 1 rings (SSSR count). The summed E-state index contributed by atoms with van der Waals surface area (Å²) in [5.41, 5.74) is 5.42. The SMILES string of the molecule is CS(=O)CCCNS(=O)(=O)c1ccc(C(N)=S)s1. The molecule has 102 valence electrons. The van der Waals surface area contributed by atoms with E-state index in [2.05, 4.69) is 4.72 Å². The second-order valence-corrected chi connectivity index (χ2v) is 8.58. The molecule has 0 saturated heterocycles. The Labute approximate surface area is 118 Å². The summed E-state index contributed by atoms with van der Waals surface area (Å²) in [5.74, 6) is 0.477. The summed E-state index contributed by atoms with van der Waals surface area (Å²) in [5, 5.41) is 0. The van der Waals surface area contributed by atoms with E-state index in [1.54, 1.807) is 12.3 Å². The van der Waals surface area contributed by atoms with Crippen molar-refractivity contribution in [3.63, 3.8) is 0 Å². The average Bonchev–Trinajstić information content (AvgIpc) is 2.74. The monoisotopic (exact) mass is 326 g/mol. The van der Waals surface area contributed by atoms with Gasteiger partial charge in [0.2, 0.25) is 10.0 Å². The maximum Gasteiger partial charge on any atom is 0.250 e. The predicted octanol–water partition coefficient (Wildman–Crippen LogP) is 0.429. The number of thiocarbonyl (C=S) groups is 1. The number of rotatable bonds is 7. The Hall–Kier alpha value is -0.350. The van der Waals surface area contributed by atoms with Gasteiger partial charge in [-0.15, -0.1) is 11.3 Å². The van der Waals surface area contributed by atoms with Gasteiger partial charge in [0.1, 0.15) is 9.20 Å². The smallest absolute Gasteiger partial charge is 0.250 e. The van der Waals surface area contributed by atoms with Crippen LogP contribution in [0.5, 0.6) is 0 Å². The lowest BCUT2D eigenvalue weighted by molar-refractivity contribution is 0.583. The van der Waals surface area contributed by atoms with E-state index in [9.17, 15) is 12.6 Å². The van der Waals surface area contributed by atoms with Crippen LogP contribution in [0.15, 0.2) is 16.3 Å². The Morgan fingerprint density at radius 3 is 2.72 bits per heavy atom. The van der Waals surface area contributed by atoms with Crippen molar-refractivity contribution < 1.29 is 12.6 Å². The van der Waals surface area contributed by atoms with E-state index >= 15 is 0 Å². The molecule has 0 aromatic carbocycles. The summed E-state index contributed by atoms with van der Waals surface area (Å²) >= 11 is 5.81. The summed E-state index contributed by atoms with van der Waals surface area (Å²) in [6.07, 6.45) is 2.12. The molecule has 9 heteroatoms. The normalized spacial score (nSPS) is 13.4. The molecule has 1 heterocycles. The molecule has 0 amide bonds. The average molecular weight is 326 g/mol. The fraction of sp³-hybridized carbons (Fsp3) is 0.444. The summed E-state index contributed by atoms with van der Waals surface area (Å²) < 4.78 is 37.2. The molecular weight excluding hydrogens is 312 g/mol. The molecule has 3 N–H and O–H groups in total. The number of nitrogens with two attached hydrogens (primary N) is 1. The van der Waals surface area contributed by atoms with Gasteiger partial charge in [0, 0.05) is 29.4 Å². The highest BCUT2D eigenvalue weighted by Gasteiger charge is 2.16. The van der Waals surface area contributed by atoms with Crippen molar-refractivity contribution in [1.82, 2.24) is 4.72 Å². The van der Waals surface area contributed by atoms with E-state index in [-0.39, 0.29) is 15.7 Å². The van der Waals surface area contributed by atoms with Crippen molar-refractivity contribution in [3.8, 4) is 0 Å². The molecule has 0 aliphatic rings. The van der Waals surface area contributed by atoms with Crippen LogP contribution in [-0.2, 0) is 20.8 Å². The highest BCUT2D eigenvalue weighted by atomic mass is 32.2. The minimum absolute atomic E-state index is 0.183. The highest BCUT2D eigenvalue weighted by molar-refractivity contribution is 7.91. The second-order valence-electron chi connectivity index (χ2n) is 3.51. The third-order valence-corrected chi connectivity index (χ3v) is 6.27. The Bertz CT molecular complexity index is 550. The molecule has 1 unspecified atom stereocenters. The van der Waals surface area contributed by atoms with Crippen LogP contribution in [-0.4, -0.2) is 36.2 Å². The molecule has 0 spiro atoms. The molecule has 1 atom stereocenters. The van der Waals surface area contributed by atoms with Crippen LogP contribution < -0.4 is 10.5 Å². The van der Waals surface area contributed by atoms with Crippen LogP contribution in [0.1, 0.15) is 11.3 Å². The van der Waals surface area contributed by atoms with Crippen LogP contribution in [0.25, 0.3) is 0 Å². The first-order valence-corrected chi connectivity index (χ1v) is 9.46. The van der Waals surface area contributed by atoms with Gasteiger partial charge in [-0.05, 0) is 18.6 Å². The first-order chi connectivity index (χ1) is 8.33. The van der Waals surface area contributed by atoms with Crippen molar-refractivity contribution in [2.45, 2.75) is 10.6 Å². The first-order valence-electron chi connectivity index (χ1n) is 5.02. The second kappa shape index (κ2) is 6.71. The summed E-state index contributed by atoms with van der Waals surface area (Å²) in [6.45, 7) is 0.266. The molecule has 1 aromatic rings. The molecule has 0 aliphatic heterocycles. The number of nitrogens with one attached hydrogen (secondary N) is 1. The van der Waals surface area contributed by atoms with Crippen LogP contribution in [0.4, 0.5) is 0 Å². The van der Waals surface area contributed by atoms with Crippen molar-refractivity contribution in [1.29, 1.82) is 0 Å². The fourth-order valence-corrected chi connectivity index (χ4v) is 4.17. The Balaban J connectivity index is 2.62. The van der Waals surface area contributed by atoms with E-state index in [0.717, 1.165) is 11.3 Å². The van der Waals surface area contributed by atoms with Crippen LogP contribution in [0.2, 0.25) is 0 Å². The van der Waals surface area contributed by atoms with Gasteiger partial charge in [0.15, 0.2) is 0 Å². The minimum atomic E-state index is -3.52. The molecule has 0 bridgehead atoms. The van der Waals surface area contributed by atoms with Gasteiger partial charge in [-0.2, -0.15) is 0 Å². The topological polar surface area (TPSA) is 89.3 Å². The lowest BCUT2D eigenvalue weighted by atomic mass is 10.5. The molecule has 18 heavy (non-hydrogen) atoms. The fourth-order valence-electron chi connectivity index (χ4n) is 1.15. The van der Waals surface area contributed by atoms with Gasteiger partial charge >= 0.3 is 0 Å². The molecular formula is C9H14N2O3S4. The quantitative estimate of drug-likeness (QED) is 0.560. The van der Waals surface area contributed by atoms with E-state index in [1.165, 1.54) is 6.07 Å². The lowest BCUT2D eigenvalue weighted by Crippen LogP contribution is -2.25. The largest absolute Gasteiger partial charge is 0.389 e. The zero-order valence-corrected chi connectivity index (χ0v) is 13.0. The van der Waals surface area contributed by atoms with Gasteiger partial charge in [-0.3, -0.25) is 4.21 Å². The standard InChI is InChI=1S/C9H14N2O3S4/c1-17(12)6-2-5-11-18(13,14)8-4-3-7(16-8)9(10)15/h3-4,11H,2,5-6H2,1H3,(H2,10,15). The maximum absolute atomic E-state index is 11.9.